The highest BCUT2D eigenvalue weighted by molar-refractivity contribution is 8.15. The Labute approximate surface area is 186 Å². The maximum absolute atomic E-state index is 11.6. The number of ether oxygens (including phenoxy) is 3. The van der Waals surface area contributed by atoms with Crippen molar-refractivity contribution in [2.75, 3.05) is 20.8 Å². The molecule has 0 aromatic heterocycles. The molecular formula is C23H27NO6S. The number of nitrogens with one attached hydrogen (secondary N) is 1. The van der Waals surface area contributed by atoms with Gasteiger partial charge in [-0.05, 0) is 41.8 Å². The first-order valence-electron chi connectivity index (χ1n) is 9.84. The van der Waals surface area contributed by atoms with Crippen LogP contribution in [-0.4, -0.2) is 43.5 Å². The lowest BCUT2D eigenvalue weighted by atomic mass is 10.1. The third-order valence-electron chi connectivity index (χ3n) is 4.43. The predicted octanol–water partition coefficient (Wildman–Crippen LogP) is 3.95. The molecule has 2 unspecified atom stereocenters. The molecule has 2 amide bonds. The third kappa shape index (κ3) is 7.73. The molecule has 8 heteroatoms. The number of aldehydes is 1. The zero-order valence-electron chi connectivity index (χ0n) is 17.8. The number of methoxy groups -OCH3 is 2. The van der Waals surface area contributed by atoms with Gasteiger partial charge >= 0.3 is 0 Å². The fourth-order valence-corrected chi connectivity index (χ4v) is 3.64. The molecule has 0 aliphatic carbocycles. The highest BCUT2D eigenvalue weighted by atomic mass is 32.2. The molecule has 0 spiro atoms. The van der Waals surface area contributed by atoms with Gasteiger partial charge in [-0.15, -0.1) is 0 Å². The Bertz CT molecular complexity index is 871. The number of benzene rings is 2. The zero-order valence-corrected chi connectivity index (χ0v) is 18.6. The summed E-state index contributed by atoms with van der Waals surface area (Å²) in [7, 11) is 3.27. The van der Waals surface area contributed by atoms with Gasteiger partial charge in [0.05, 0.1) is 12.4 Å². The second-order valence-electron chi connectivity index (χ2n) is 6.62. The largest absolute Gasteiger partial charge is 0.497 e. The number of carbonyl (C=O) groups is 3. The molecule has 1 N–H and O–H groups in total. The summed E-state index contributed by atoms with van der Waals surface area (Å²) in [4.78, 5) is 32.1. The molecule has 1 aliphatic rings. The topological polar surface area (TPSA) is 90.9 Å². The van der Waals surface area contributed by atoms with Crippen molar-refractivity contribution < 1.29 is 28.6 Å². The van der Waals surface area contributed by atoms with E-state index in [1.165, 1.54) is 0 Å². The van der Waals surface area contributed by atoms with E-state index in [9.17, 15) is 14.4 Å². The number of imide groups is 1. The number of carbonyl (C=O) groups excluding carboxylic acids is 3. The van der Waals surface area contributed by atoms with Crippen LogP contribution in [0.3, 0.4) is 0 Å². The van der Waals surface area contributed by atoms with Crippen LogP contribution in [0.4, 0.5) is 4.79 Å². The van der Waals surface area contributed by atoms with Gasteiger partial charge in [0, 0.05) is 13.5 Å². The summed E-state index contributed by atoms with van der Waals surface area (Å²) >= 11 is 1.03. The van der Waals surface area contributed by atoms with Crippen LogP contribution in [-0.2, 0) is 20.7 Å². The van der Waals surface area contributed by atoms with Gasteiger partial charge < -0.3 is 19.0 Å². The lowest BCUT2D eigenvalue weighted by Gasteiger charge is -2.17. The average molecular weight is 446 g/mol. The van der Waals surface area contributed by atoms with E-state index in [1.54, 1.807) is 14.2 Å². The van der Waals surface area contributed by atoms with Crippen LogP contribution in [0.2, 0.25) is 0 Å². The Morgan fingerprint density at radius 1 is 1.10 bits per heavy atom. The van der Waals surface area contributed by atoms with E-state index in [0.717, 1.165) is 34.9 Å². The lowest BCUT2D eigenvalue weighted by molar-refractivity contribution is -0.119. The minimum Gasteiger partial charge on any atom is -0.497 e. The molecule has 31 heavy (non-hydrogen) atoms. The molecule has 1 fully saturated rings. The molecule has 166 valence electrons. The van der Waals surface area contributed by atoms with E-state index in [4.69, 9.17) is 14.2 Å². The number of thioether (sulfide) groups is 1. The standard InChI is InChI=1S/C20H21NO5S.C3H6O/c1-24-16-5-3-4-14(11-16)17(25-2)12-26-15-8-6-13(7-9-15)10-18-19(22)21-20(23)27-18;1-2-3-4/h3-9,11,17-18H,10,12H2,1-2H3,(H,21,22,23);3H,2H2,1H3. The molecule has 0 radical (unpaired) electrons. The van der Waals surface area contributed by atoms with E-state index in [2.05, 4.69) is 5.32 Å². The van der Waals surface area contributed by atoms with Gasteiger partial charge in [0.15, 0.2) is 0 Å². The molecule has 1 heterocycles. The Balaban J connectivity index is 0.000000785. The summed E-state index contributed by atoms with van der Waals surface area (Å²) in [5.41, 5.74) is 1.95. The first-order chi connectivity index (χ1) is 15.0. The lowest BCUT2D eigenvalue weighted by Crippen LogP contribution is -2.25. The monoisotopic (exact) mass is 445 g/mol. The second kappa shape index (κ2) is 12.8. The molecule has 7 nitrogen and oxygen atoms in total. The van der Waals surface area contributed by atoms with Crippen molar-refractivity contribution in [2.24, 2.45) is 0 Å². The maximum atomic E-state index is 11.6. The van der Waals surface area contributed by atoms with Crippen molar-refractivity contribution in [2.45, 2.75) is 31.1 Å². The molecule has 3 rings (SSSR count). The summed E-state index contributed by atoms with van der Waals surface area (Å²) in [6.45, 7) is 2.17. The van der Waals surface area contributed by atoms with Crippen LogP contribution in [0, 0.1) is 0 Å². The first-order valence-corrected chi connectivity index (χ1v) is 10.7. The van der Waals surface area contributed by atoms with Crippen LogP contribution in [0.1, 0.15) is 30.6 Å². The molecule has 1 aliphatic heterocycles. The summed E-state index contributed by atoms with van der Waals surface area (Å²) in [5.74, 6) is 1.25. The predicted molar refractivity (Wildman–Crippen MR) is 120 cm³/mol. The summed E-state index contributed by atoms with van der Waals surface area (Å²) in [6, 6.07) is 15.2. The minimum atomic E-state index is -0.366. The number of hydrogen-bond donors (Lipinski definition) is 1. The van der Waals surface area contributed by atoms with Crippen LogP contribution in [0.25, 0.3) is 0 Å². The average Bonchev–Trinajstić information content (AvgIpc) is 3.12. The van der Waals surface area contributed by atoms with Gasteiger partial charge in [0.2, 0.25) is 5.91 Å². The minimum absolute atomic E-state index is 0.218. The maximum Gasteiger partial charge on any atom is 0.286 e. The Hall–Kier alpha value is -2.84. The molecule has 2 aromatic rings. The van der Waals surface area contributed by atoms with Crippen LogP contribution < -0.4 is 14.8 Å². The van der Waals surface area contributed by atoms with E-state index in [-0.39, 0.29) is 22.5 Å². The Morgan fingerprint density at radius 3 is 2.35 bits per heavy atom. The fourth-order valence-electron chi connectivity index (χ4n) is 2.78. The van der Waals surface area contributed by atoms with Crippen molar-refractivity contribution in [3.8, 4) is 11.5 Å². The molecular weight excluding hydrogens is 418 g/mol. The number of amides is 2. The number of hydrogen-bond acceptors (Lipinski definition) is 7. The smallest absolute Gasteiger partial charge is 0.286 e. The third-order valence-corrected chi connectivity index (χ3v) is 5.41. The molecule has 0 bridgehead atoms. The molecule has 1 saturated heterocycles. The molecule has 0 saturated carbocycles. The zero-order chi connectivity index (χ0) is 22.6. The summed E-state index contributed by atoms with van der Waals surface area (Å²) in [6.07, 6.45) is 1.80. The van der Waals surface area contributed by atoms with Gasteiger partial charge in [-0.2, -0.15) is 0 Å². The van der Waals surface area contributed by atoms with Crippen molar-refractivity contribution in [1.82, 2.24) is 5.32 Å². The molecule has 2 atom stereocenters. The molecule has 2 aromatic carbocycles. The van der Waals surface area contributed by atoms with Gasteiger partial charge in [-0.1, -0.05) is 43.0 Å². The van der Waals surface area contributed by atoms with E-state index in [0.29, 0.717) is 25.2 Å². The Morgan fingerprint density at radius 2 is 1.81 bits per heavy atom. The van der Waals surface area contributed by atoms with Gasteiger partial charge in [0.25, 0.3) is 5.24 Å². The quantitative estimate of drug-likeness (QED) is 0.585. The van der Waals surface area contributed by atoms with Gasteiger partial charge in [-0.25, -0.2) is 0 Å². The van der Waals surface area contributed by atoms with Gasteiger partial charge in [-0.3, -0.25) is 14.9 Å². The highest BCUT2D eigenvalue weighted by Crippen LogP contribution is 2.25. The number of rotatable bonds is 9. The van der Waals surface area contributed by atoms with E-state index in [1.807, 2.05) is 55.5 Å². The second-order valence-corrected chi connectivity index (χ2v) is 7.79. The Kier molecular flexibility index (Phi) is 10.1. The van der Waals surface area contributed by atoms with Crippen molar-refractivity contribution in [3.05, 3.63) is 59.7 Å². The normalized spacial score (nSPS) is 16.0. The first kappa shape index (κ1) is 24.4. The van der Waals surface area contributed by atoms with Crippen LogP contribution in [0.5, 0.6) is 11.5 Å². The van der Waals surface area contributed by atoms with Crippen LogP contribution >= 0.6 is 11.8 Å². The summed E-state index contributed by atoms with van der Waals surface area (Å²) in [5, 5.41) is 1.65. The highest BCUT2D eigenvalue weighted by Gasteiger charge is 2.31. The van der Waals surface area contributed by atoms with Crippen LogP contribution in [0.15, 0.2) is 48.5 Å². The summed E-state index contributed by atoms with van der Waals surface area (Å²) < 4.78 is 16.6. The van der Waals surface area contributed by atoms with Gasteiger partial charge in [0.1, 0.15) is 30.5 Å². The van der Waals surface area contributed by atoms with E-state index < -0.39 is 0 Å². The van der Waals surface area contributed by atoms with Crippen molar-refractivity contribution >= 4 is 29.2 Å². The SMILES string of the molecule is CCC=O.COc1cccc(C(COc2ccc(CC3SC(=O)NC3=O)cc2)OC)c1. The fraction of sp³-hybridized carbons (Fsp3) is 0.348. The van der Waals surface area contributed by atoms with Crippen molar-refractivity contribution in [3.63, 3.8) is 0 Å². The van der Waals surface area contributed by atoms with E-state index >= 15 is 0 Å². The van der Waals surface area contributed by atoms with Crippen molar-refractivity contribution in [1.29, 1.82) is 0 Å².